The summed E-state index contributed by atoms with van der Waals surface area (Å²) >= 11 is 1.23. The van der Waals surface area contributed by atoms with Crippen LogP contribution >= 0.6 is 11.3 Å². The van der Waals surface area contributed by atoms with Crippen molar-refractivity contribution in [2.75, 3.05) is 0 Å². The summed E-state index contributed by atoms with van der Waals surface area (Å²) in [4.78, 5) is 11.3. The summed E-state index contributed by atoms with van der Waals surface area (Å²) in [6.45, 7) is 2.83. The molecule has 2 rings (SSSR count). The maximum Gasteiger partial charge on any atom is 0.324 e. The fraction of sp³-hybridized carbons (Fsp3) is 0.333. The van der Waals surface area contributed by atoms with Crippen LogP contribution in [0.25, 0.3) is 0 Å². The maximum absolute atomic E-state index is 10.7. The molecule has 0 saturated carbocycles. The predicted molar refractivity (Wildman–Crippen MR) is 81.9 cm³/mol. The van der Waals surface area contributed by atoms with E-state index in [9.17, 15) is 10.1 Å². The third kappa shape index (κ3) is 3.88. The summed E-state index contributed by atoms with van der Waals surface area (Å²) < 4.78 is 0. The summed E-state index contributed by atoms with van der Waals surface area (Å²) in [5.41, 5.74) is 1.26. The second kappa shape index (κ2) is 7.17. The van der Waals surface area contributed by atoms with Gasteiger partial charge in [0.1, 0.15) is 0 Å². The number of hydrogen-bond acceptors (Lipinski definition) is 4. The highest BCUT2D eigenvalue weighted by molar-refractivity contribution is 7.15. The Bertz CT molecular complexity index is 554. The first-order valence-electron chi connectivity index (χ1n) is 6.72. The summed E-state index contributed by atoms with van der Waals surface area (Å²) in [6, 6.07) is 14.0. The molecule has 1 aromatic carbocycles. The van der Waals surface area contributed by atoms with E-state index in [0.717, 1.165) is 17.7 Å². The van der Waals surface area contributed by atoms with Gasteiger partial charge in [-0.05, 0) is 18.1 Å². The van der Waals surface area contributed by atoms with Crippen molar-refractivity contribution in [3.05, 3.63) is 63.0 Å². The van der Waals surface area contributed by atoms with E-state index in [1.165, 1.54) is 16.9 Å². The van der Waals surface area contributed by atoms with Crippen LogP contribution in [0.15, 0.2) is 42.5 Å². The molecule has 1 atom stereocenters. The first kappa shape index (κ1) is 14.7. The minimum atomic E-state index is -0.338. The van der Waals surface area contributed by atoms with Gasteiger partial charge in [0.05, 0.1) is 4.92 Å². The third-order valence-electron chi connectivity index (χ3n) is 3.13. The van der Waals surface area contributed by atoms with Crippen LogP contribution < -0.4 is 5.32 Å². The van der Waals surface area contributed by atoms with Gasteiger partial charge in [-0.2, -0.15) is 0 Å². The summed E-state index contributed by atoms with van der Waals surface area (Å²) in [5, 5.41) is 14.4. The summed E-state index contributed by atoms with van der Waals surface area (Å²) in [6.07, 6.45) is 2.15. The average Bonchev–Trinajstić information content (AvgIpc) is 2.93. The minimum Gasteiger partial charge on any atom is -0.305 e. The van der Waals surface area contributed by atoms with E-state index in [4.69, 9.17) is 0 Å². The van der Waals surface area contributed by atoms with Crippen molar-refractivity contribution in [1.29, 1.82) is 0 Å². The van der Waals surface area contributed by atoms with Crippen LogP contribution in [-0.4, -0.2) is 4.92 Å². The molecule has 0 amide bonds. The molecule has 20 heavy (non-hydrogen) atoms. The van der Waals surface area contributed by atoms with Crippen molar-refractivity contribution in [1.82, 2.24) is 5.32 Å². The van der Waals surface area contributed by atoms with Crippen LogP contribution in [0.4, 0.5) is 5.00 Å². The molecule has 0 aliphatic heterocycles. The topological polar surface area (TPSA) is 55.2 Å². The molecule has 0 fully saturated rings. The van der Waals surface area contributed by atoms with Crippen LogP contribution in [0.1, 0.15) is 36.2 Å². The van der Waals surface area contributed by atoms with Crippen molar-refractivity contribution in [3.63, 3.8) is 0 Å². The molecule has 5 heteroatoms. The molecule has 0 saturated heterocycles. The quantitative estimate of drug-likeness (QED) is 0.611. The number of hydrogen-bond donors (Lipinski definition) is 1. The van der Waals surface area contributed by atoms with Crippen LogP contribution in [0.5, 0.6) is 0 Å². The van der Waals surface area contributed by atoms with Crippen LogP contribution in [0.3, 0.4) is 0 Å². The Labute approximate surface area is 122 Å². The van der Waals surface area contributed by atoms with Gasteiger partial charge in [-0.15, -0.1) is 0 Å². The van der Waals surface area contributed by atoms with Crippen LogP contribution in [-0.2, 0) is 6.54 Å². The fourth-order valence-electron chi connectivity index (χ4n) is 2.14. The summed E-state index contributed by atoms with van der Waals surface area (Å²) in [5.74, 6) is 0. The van der Waals surface area contributed by atoms with Gasteiger partial charge in [0.25, 0.3) is 0 Å². The molecule has 2 aromatic rings. The normalized spacial score (nSPS) is 12.2. The highest BCUT2D eigenvalue weighted by atomic mass is 32.1. The van der Waals surface area contributed by atoms with Gasteiger partial charge in [-0.3, -0.25) is 10.1 Å². The highest BCUT2D eigenvalue weighted by Crippen LogP contribution is 2.25. The Morgan fingerprint density at radius 2 is 2.00 bits per heavy atom. The van der Waals surface area contributed by atoms with Crippen molar-refractivity contribution in [2.24, 2.45) is 0 Å². The number of benzene rings is 1. The van der Waals surface area contributed by atoms with E-state index < -0.39 is 0 Å². The lowest BCUT2D eigenvalue weighted by Gasteiger charge is -2.18. The molecular formula is C15H18N2O2S. The Kier molecular flexibility index (Phi) is 5.26. The highest BCUT2D eigenvalue weighted by Gasteiger charge is 2.13. The molecule has 1 unspecified atom stereocenters. The minimum absolute atomic E-state index is 0.202. The molecule has 0 spiro atoms. The Morgan fingerprint density at radius 3 is 2.60 bits per heavy atom. The molecule has 1 heterocycles. The maximum atomic E-state index is 10.7. The first-order chi connectivity index (χ1) is 9.70. The summed E-state index contributed by atoms with van der Waals surface area (Å²) in [7, 11) is 0. The molecule has 0 aliphatic rings. The number of nitro groups is 1. The van der Waals surface area contributed by atoms with Crippen LogP contribution in [0.2, 0.25) is 0 Å². The molecular weight excluding hydrogens is 272 g/mol. The SMILES string of the molecule is CCCC(NCc1ccc([N+](=O)[O-])s1)c1ccccc1. The second-order valence-corrected chi connectivity index (χ2v) is 5.78. The third-order valence-corrected chi connectivity index (χ3v) is 4.17. The van der Waals surface area contributed by atoms with Gasteiger partial charge in [0.15, 0.2) is 0 Å². The molecule has 0 aliphatic carbocycles. The Hall–Kier alpha value is -1.72. The number of rotatable bonds is 7. The second-order valence-electron chi connectivity index (χ2n) is 4.63. The van der Waals surface area contributed by atoms with Crippen molar-refractivity contribution in [3.8, 4) is 0 Å². The van der Waals surface area contributed by atoms with Gasteiger partial charge in [-0.25, -0.2) is 0 Å². The molecule has 0 bridgehead atoms. The lowest BCUT2D eigenvalue weighted by Crippen LogP contribution is -2.20. The van der Waals surface area contributed by atoms with Crippen molar-refractivity contribution in [2.45, 2.75) is 32.4 Å². The lowest BCUT2D eigenvalue weighted by molar-refractivity contribution is -0.380. The number of thiophene rings is 1. The first-order valence-corrected chi connectivity index (χ1v) is 7.53. The van der Waals surface area contributed by atoms with Gasteiger partial charge in [0, 0.05) is 23.5 Å². The van der Waals surface area contributed by atoms with E-state index >= 15 is 0 Å². The zero-order valence-corrected chi connectivity index (χ0v) is 12.2. The van der Waals surface area contributed by atoms with E-state index in [1.54, 1.807) is 6.07 Å². The van der Waals surface area contributed by atoms with Gasteiger partial charge >= 0.3 is 5.00 Å². The van der Waals surface area contributed by atoms with E-state index in [-0.39, 0.29) is 9.92 Å². The van der Waals surface area contributed by atoms with Gasteiger partial charge in [0.2, 0.25) is 0 Å². The van der Waals surface area contributed by atoms with Crippen molar-refractivity contribution < 1.29 is 4.92 Å². The van der Waals surface area contributed by atoms with E-state index in [2.05, 4.69) is 24.4 Å². The van der Waals surface area contributed by atoms with Crippen molar-refractivity contribution >= 4 is 16.3 Å². The predicted octanol–water partition coefficient (Wildman–Crippen LogP) is 4.29. The molecule has 1 N–H and O–H groups in total. The molecule has 1 aromatic heterocycles. The average molecular weight is 290 g/mol. The van der Waals surface area contributed by atoms with Gasteiger partial charge < -0.3 is 5.32 Å². The zero-order valence-electron chi connectivity index (χ0n) is 11.4. The fourth-order valence-corrected chi connectivity index (χ4v) is 2.91. The van der Waals surface area contributed by atoms with Gasteiger partial charge in [-0.1, -0.05) is 55.0 Å². The smallest absolute Gasteiger partial charge is 0.305 e. The largest absolute Gasteiger partial charge is 0.324 e. The zero-order chi connectivity index (χ0) is 14.4. The standard InChI is InChI=1S/C15H18N2O2S/c1-2-6-14(12-7-4-3-5-8-12)16-11-13-9-10-15(20-13)17(18)19/h3-5,7-10,14,16H,2,6,11H2,1H3. The molecule has 0 radical (unpaired) electrons. The Morgan fingerprint density at radius 1 is 1.25 bits per heavy atom. The Balaban J connectivity index is 2.00. The number of nitrogens with one attached hydrogen (secondary N) is 1. The molecule has 106 valence electrons. The molecule has 4 nitrogen and oxygen atoms in total. The lowest BCUT2D eigenvalue weighted by atomic mass is 10.0. The van der Waals surface area contributed by atoms with E-state index in [0.29, 0.717) is 12.6 Å². The number of nitrogens with zero attached hydrogens (tertiary/aromatic N) is 1. The monoisotopic (exact) mass is 290 g/mol. The van der Waals surface area contributed by atoms with E-state index in [1.807, 2.05) is 24.3 Å². The van der Waals surface area contributed by atoms with Crippen LogP contribution in [0, 0.1) is 10.1 Å².